The Bertz CT molecular complexity index is 1100. The van der Waals surface area contributed by atoms with Gasteiger partial charge >= 0.3 is 0 Å². The summed E-state index contributed by atoms with van der Waals surface area (Å²) < 4.78 is 0. The maximum atomic E-state index is 12.9. The number of piperazine rings is 1. The van der Waals surface area contributed by atoms with E-state index in [9.17, 15) is 14.9 Å². The average Bonchev–Trinajstić information content (AvgIpc) is 2.86. The Morgan fingerprint density at radius 2 is 1.44 bits per heavy atom. The number of nitrogens with zero attached hydrogens (tertiary/aromatic N) is 3. The van der Waals surface area contributed by atoms with Crippen molar-refractivity contribution >= 4 is 28.9 Å². The fourth-order valence-corrected chi connectivity index (χ4v) is 4.61. The number of nitro benzene ring substituents is 1. The first kappa shape index (κ1) is 23.9. The van der Waals surface area contributed by atoms with Gasteiger partial charge in [0, 0.05) is 38.3 Å². The maximum Gasteiger partial charge on any atom is 0.271 e. The summed E-state index contributed by atoms with van der Waals surface area (Å²) in [6.07, 6.45) is 0. The highest BCUT2D eigenvalue weighted by atomic mass is 35.5. The van der Waals surface area contributed by atoms with Gasteiger partial charge in [0.2, 0.25) is 5.91 Å². The van der Waals surface area contributed by atoms with Crippen molar-refractivity contribution in [2.75, 3.05) is 31.5 Å². The van der Waals surface area contributed by atoms with Crippen LogP contribution in [0.15, 0.2) is 78.9 Å². The van der Waals surface area contributed by atoms with E-state index in [0.717, 1.165) is 26.2 Å². The van der Waals surface area contributed by atoms with Crippen molar-refractivity contribution in [3.8, 4) is 0 Å². The number of benzene rings is 3. The molecule has 3 aromatic carbocycles. The Morgan fingerprint density at radius 3 is 1.94 bits per heavy atom. The number of carbonyl (C=O) groups excluding carboxylic acids is 1. The van der Waals surface area contributed by atoms with Crippen molar-refractivity contribution in [3.63, 3.8) is 0 Å². The summed E-state index contributed by atoms with van der Waals surface area (Å²) in [6, 6.07) is 24.8. The molecule has 1 aliphatic rings. The number of rotatable bonds is 7. The van der Waals surface area contributed by atoms with Gasteiger partial charge < -0.3 is 5.32 Å². The van der Waals surface area contributed by atoms with E-state index in [2.05, 4.69) is 63.6 Å². The van der Waals surface area contributed by atoms with E-state index in [1.165, 1.54) is 29.3 Å². The number of non-ortho nitro benzene ring substituents is 1. The van der Waals surface area contributed by atoms with Crippen LogP contribution in [-0.4, -0.2) is 52.9 Å². The number of hydrogen-bond acceptors (Lipinski definition) is 5. The smallest absolute Gasteiger partial charge is 0.271 e. The number of nitrogens with one attached hydrogen (secondary N) is 1. The van der Waals surface area contributed by atoms with Crippen molar-refractivity contribution in [1.82, 2.24) is 9.80 Å². The number of anilines is 1. The zero-order chi connectivity index (χ0) is 24.1. The first-order valence-electron chi connectivity index (χ1n) is 11.3. The monoisotopic (exact) mass is 478 g/mol. The summed E-state index contributed by atoms with van der Waals surface area (Å²) in [6.45, 7) is 5.02. The molecular weight excluding hydrogens is 452 g/mol. The van der Waals surface area contributed by atoms with Crippen LogP contribution in [0.5, 0.6) is 0 Å². The molecule has 1 N–H and O–H groups in total. The lowest BCUT2D eigenvalue weighted by Crippen LogP contribution is -2.53. The van der Waals surface area contributed by atoms with E-state index in [1.807, 2.05) is 19.1 Å². The lowest BCUT2D eigenvalue weighted by atomic mass is 9.96. The molecule has 1 aliphatic heterocycles. The molecule has 1 atom stereocenters. The Labute approximate surface area is 204 Å². The van der Waals surface area contributed by atoms with Gasteiger partial charge in [-0.1, -0.05) is 72.3 Å². The summed E-state index contributed by atoms with van der Waals surface area (Å²) in [5, 5.41) is 13.9. The van der Waals surface area contributed by atoms with Crippen molar-refractivity contribution in [1.29, 1.82) is 0 Å². The molecule has 176 valence electrons. The molecule has 0 bridgehead atoms. The highest BCUT2D eigenvalue weighted by Crippen LogP contribution is 2.30. The van der Waals surface area contributed by atoms with E-state index in [1.54, 1.807) is 0 Å². The Kier molecular flexibility index (Phi) is 7.57. The van der Waals surface area contributed by atoms with Crippen molar-refractivity contribution < 1.29 is 9.72 Å². The zero-order valence-corrected chi connectivity index (χ0v) is 19.7. The zero-order valence-electron chi connectivity index (χ0n) is 18.9. The Morgan fingerprint density at radius 1 is 0.912 bits per heavy atom. The van der Waals surface area contributed by atoms with E-state index in [4.69, 9.17) is 11.6 Å². The number of nitro groups is 1. The summed E-state index contributed by atoms with van der Waals surface area (Å²) in [4.78, 5) is 27.9. The van der Waals surface area contributed by atoms with Gasteiger partial charge in [0.05, 0.1) is 27.7 Å². The standard InChI is InChI=1S/C26H27ClN4O3/c1-19(26(32)28-24-13-12-22(31(33)34)18-23(24)27)29-14-16-30(17-15-29)25(20-8-4-2-5-9-20)21-10-6-3-7-11-21/h2-13,18-19,25H,14-17H2,1H3,(H,28,32)/t19-/m1/s1. The molecule has 1 saturated heterocycles. The minimum Gasteiger partial charge on any atom is -0.323 e. The topological polar surface area (TPSA) is 78.7 Å². The third-order valence-electron chi connectivity index (χ3n) is 6.29. The number of amides is 1. The molecule has 0 radical (unpaired) electrons. The van der Waals surface area contributed by atoms with Gasteiger partial charge in [-0.3, -0.25) is 24.7 Å². The predicted molar refractivity (Wildman–Crippen MR) is 134 cm³/mol. The molecular formula is C26H27ClN4O3. The Balaban J connectivity index is 1.41. The van der Waals surface area contributed by atoms with Crippen LogP contribution in [0.4, 0.5) is 11.4 Å². The van der Waals surface area contributed by atoms with Crippen LogP contribution in [0.3, 0.4) is 0 Å². The minimum atomic E-state index is -0.516. The maximum absolute atomic E-state index is 12.9. The molecule has 4 rings (SSSR count). The van der Waals surface area contributed by atoms with Crippen LogP contribution in [0, 0.1) is 10.1 Å². The molecule has 1 heterocycles. The molecule has 1 fully saturated rings. The molecule has 7 nitrogen and oxygen atoms in total. The van der Waals surface area contributed by atoms with Gasteiger partial charge in [0.1, 0.15) is 0 Å². The quantitative estimate of drug-likeness (QED) is 0.382. The third kappa shape index (κ3) is 5.44. The Hall–Kier alpha value is -3.26. The van der Waals surface area contributed by atoms with E-state index >= 15 is 0 Å². The molecule has 34 heavy (non-hydrogen) atoms. The van der Waals surface area contributed by atoms with E-state index in [0.29, 0.717) is 5.69 Å². The third-order valence-corrected chi connectivity index (χ3v) is 6.61. The van der Waals surface area contributed by atoms with Gasteiger partial charge in [0.25, 0.3) is 5.69 Å². The SMILES string of the molecule is C[C@H](C(=O)Nc1ccc([N+](=O)[O-])cc1Cl)N1CCN(C(c2ccccc2)c2ccccc2)CC1. The van der Waals surface area contributed by atoms with Crippen LogP contribution < -0.4 is 5.32 Å². The predicted octanol–water partition coefficient (Wildman–Crippen LogP) is 4.98. The second-order valence-corrected chi connectivity index (χ2v) is 8.79. The molecule has 0 aliphatic carbocycles. The van der Waals surface area contributed by atoms with Crippen LogP contribution >= 0.6 is 11.6 Å². The van der Waals surface area contributed by atoms with Crippen molar-refractivity contribution in [2.45, 2.75) is 19.0 Å². The number of hydrogen-bond donors (Lipinski definition) is 1. The minimum absolute atomic E-state index is 0.112. The molecule has 8 heteroatoms. The van der Waals surface area contributed by atoms with Crippen LogP contribution in [0.2, 0.25) is 5.02 Å². The van der Waals surface area contributed by atoms with Crippen molar-refractivity contribution in [2.24, 2.45) is 0 Å². The van der Waals surface area contributed by atoms with Crippen molar-refractivity contribution in [3.05, 3.63) is 105 Å². The molecule has 3 aromatic rings. The van der Waals surface area contributed by atoms with Crippen LogP contribution in [-0.2, 0) is 4.79 Å². The molecule has 0 saturated carbocycles. The fraction of sp³-hybridized carbons (Fsp3) is 0.269. The first-order valence-corrected chi connectivity index (χ1v) is 11.6. The fourth-order valence-electron chi connectivity index (χ4n) is 4.39. The van der Waals surface area contributed by atoms with Gasteiger partial charge in [-0.15, -0.1) is 0 Å². The molecule has 0 aromatic heterocycles. The second-order valence-electron chi connectivity index (χ2n) is 8.38. The molecule has 0 unspecified atom stereocenters. The summed E-state index contributed by atoms with van der Waals surface area (Å²) in [5.74, 6) is -0.188. The van der Waals surface area contributed by atoms with Crippen LogP contribution in [0.25, 0.3) is 0 Å². The lowest BCUT2D eigenvalue weighted by Gasteiger charge is -2.41. The largest absolute Gasteiger partial charge is 0.323 e. The highest BCUT2D eigenvalue weighted by molar-refractivity contribution is 6.34. The normalized spacial score (nSPS) is 15.7. The van der Waals surface area contributed by atoms with Gasteiger partial charge in [-0.2, -0.15) is 0 Å². The highest BCUT2D eigenvalue weighted by Gasteiger charge is 2.30. The molecule has 1 amide bonds. The summed E-state index contributed by atoms with van der Waals surface area (Å²) in [7, 11) is 0. The number of carbonyl (C=O) groups is 1. The second kappa shape index (κ2) is 10.8. The van der Waals surface area contributed by atoms with Gasteiger partial charge in [0.15, 0.2) is 0 Å². The summed E-state index contributed by atoms with van der Waals surface area (Å²) in [5.41, 5.74) is 2.76. The lowest BCUT2D eigenvalue weighted by molar-refractivity contribution is -0.384. The van der Waals surface area contributed by atoms with Gasteiger partial charge in [-0.25, -0.2) is 0 Å². The average molecular weight is 479 g/mol. The van der Waals surface area contributed by atoms with E-state index in [-0.39, 0.29) is 28.7 Å². The first-order chi connectivity index (χ1) is 16.4. The summed E-state index contributed by atoms with van der Waals surface area (Å²) >= 11 is 6.14. The molecule has 0 spiro atoms. The van der Waals surface area contributed by atoms with Gasteiger partial charge in [-0.05, 0) is 24.1 Å². The van der Waals surface area contributed by atoms with Crippen LogP contribution in [0.1, 0.15) is 24.1 Å². The number of halogens is 1. The van der Waals surface area contributed by atoms with E-state index < -0.39 is 4.92 Å².